The molecular weight excluding hydrogens is 364 g/mol. The third kappa shape index (κ3) is 2.83. The lowest BCUT2D eigenvalue weighted by molar-refractivity contribution is 0.103. The predicted molar refractivity (Wildman–Crippen MR) is 102 cm³/mol. The van der Waals surface area contributed by atoms with Crippen molar-refractivity contribution in [3.05, 3.63) is 58.5 Å². The molecule has 0 radical (unpaired) electrons. The van der Waals surface area contributed by atoms with Crippen molar-refractivity contribution in [2.45, 2.75) is 13.8 Å². The third-order valence-corrected chi connectivity index (χ3v) is 5.57. The first kappa shape index (κ1) is 17.2. The van der Waals surface area contributed by atoms with Gasteiger partial charge in [0.25, 0.3) is 0 Å². The minimum absolute atomic E-state index is 0.109. The van der Waals surface area contributed by atoms with Crippen molar-refractivity contribution in [1.29, 1.82) is 0 Å². The maximum absolute atomic E-state index is 12.8. The minimum atomic E-state index is -0.346. The number of fused-ring (bicyclic) bond motifs is 1. The van der Waals surface area contributed by atoms with Crippen LogP contribution in [-0.2, 0) is 0 Å². The van der Waals surface area contributed by atoms with Gasteiger partial charge in [0.15, 0.2) is 11.6 Å². The molecule has 0 spiro atoms. The number of hydrogen-bond donors (Lipinski definition) is 1. The summed E-state index contributed by atoms with van der Waals surface area (Å²) in [6, 6.07) is 4.53. The summed E-state index contributed by atoms with van der Waals surface area (Å²) in [5.74, 6) is 0.657. The minimum Gasteiger partial charge on any atom is -0.507 e. The number of phenols is 1. The number of ketones is 1. The molecule has 0 aliphatic carbocycles. The van der Waals surface area contributed by atoms with Crippen molar-refractivity contribution in [2.24, 2.45) is 0 Å². The lowest BCUT2D eigenvalue weighted by atomic mass is 10.1. The van der Waals surface area contributed by atoms with Gasteiger partial charge in [-0.15, -0.1) is 11.3 Å². The molecule has 0 amide bonds. The van der Waals surface area contributed by atoms with Gasteiger partial charge >= 0.3 is 0 Å². The van der Waals surface area contributed by atoms with E-state index in [9.17, 15) is 9.90 Å². The van der Waals surface area contributed by atoms with Crippen molar-refractivity contribution in [3.63, 3.8) is 0 Å². The highest BCUT2D eigenvalue weighted by atomic mass is 32.1. The van der Waals surface area contributed by atoms with Gasteiger partial charge in [-0.3, -0.25) is 4.79 Å². The van der Waals surface area contributed by atoms with Gasteiger partial charge < -0.3 is 9.84 Å². The number of thiophene rings is 1. The monoisotopic (exact) mass is 380 g/mol. The van der Waals surface area contributed by atoms with Crippen molar-refractivity contribution in [2.75, 3.05) is 7.11 Å². The second kappa shape index (κ2) is 6.48. The molecule has 0 fully saturated rings. The Hall–Kier alpha value is -3.26. The number of aromatic nitrogens is 4. The molecule has 136 valence electrons. The lowest BCUT2D eigenvalue weighted by Crippen LogP contribution is -2.02. The highest BCUT2D eigenvalue weighted by Gasteiger charge is 2.19. The Morgan fingerprint density at radius 1 is 1.26 bits per heavy atom. The average Bonchev–Trinajstić information content (AvgIpc) is 3.27. The Bertz CT molecular complexity index is 1180. The molecule has 0 saturated carbocycles. The molecule has 7 nitrogen and oxygen atoms in total. The summed E-state index contributed by atoms with van der Waals surface area (Å²) in [4.78, 5) is 23.5. The van der Waals surface area contributed by atoms with Crippen molar-refractivity contribution < 1.29 is 14.6 Å². The third-order valence-electron chi connectivity index (χ3n) is 4.46. The Labute approximate surface area is 158 Å². The number of nitrogens with zero attached hydrogens (tertiary/aromatic N) is 4. The number of ether oxygens (including phenoxy) is 1. The molecule has 0 unspecified atom stereocenters. The number of rotatable bonds is 4. The Balaban J connectivity index is 1.78. The number of carbonyl (C=O) groups excluding carboxylic acids is 1. The van der Waals surface area contributed by atoms with E-state index in [0.29, 0.717) is 17.1 Å². The molecule has 0 aliphatic rings. The molecule has 0 bridgehead atoms. The first-order valence-corrected chi connectivity index (χ1v) is 8.98. The second-order valence-corrected chi connectivity index (χ2v) is 7.25. The van der Waals surface area contributed by atoms with E-state index in [1.807, 2.05) is 13.8 Å². The van der Waals surface area contributed by atoms with Crippen LogP contribution in [0.25, 0.3) is 16.0 Å². The van der Waals surface area contributed by atoms with Crippen LogP contribution in [0, 0.1) is 13.8 Å². The fourth-order valence-corrected chi connectivity index (χ4v) is 3.86. The van der Waals surface area contributed by atoms with Gasteiger partial charge in [0.1, 0.15) is 22.7 Å². The van der Waals surface area contributed by atoms with Crippen molar-refractivity contribution >= 4 is 27.3 Å². The molecule has 0 saturated heterocycles. The fraction of sp³-hybridized carbons (Fsp3) is 0.158. The number of benzene rings is 1. The predicted octanol–water partition coefficient (Wildman–Crippen LogP) is 3.44. The van der Waals surface area contributed by atoms with Crippen LogP contribution < -0.4 is 4.74 Å². The molecule has 0 aliphatic heterocycles. The van der Waals surface area contributed by atoms with Gasteiger partial charge in [-0.05, 0) is 37.6 Å². The zero-order chi connectivity index (χ0) is 19.1. The summed E-state index contributed by atoms with van der Waals surface area (Å²) >= 11 is 1.60. The smallest absolute Gasteiger partial charge is 0.200 e. The van der Waals surface area contributed by atoms with Gasteiger partial charge in [-0.2, -0.15) is 5.10 Å². The van der Waals surface area contributed by atoms with Gasteiger partial charge in [0.05, 0.1) is 29.8 Å². The van der Waals surface area contributed by atoms with E-state index in [1.54, 1.807) is 28.3 Å². The van der Waals surface area contributed by atoms with E-state index in [2.05, 4.69) is 15.1 Å². The van der Waals surface area contributed by atoms with Crippen LogP contribution in [0.1, 0.15) is 26.4 Å². The molecule has 3 aromatic heterocycles. The van der Waals surface area contributed by atoms with Crippen molar-refractivity contribution in [3.8, 4) is 17.3 Å². The van der Waals surface area contributed by atoms with Crippen LogP contribution in [0.5, 0.6) is 11.5 Å². The molecule has 3 heterocycles. The average molecular weight is 380 g/mol. The fourth-order valence-electron chi connectivity index (χ4n) is 2.87. The summed E-state index contributed by atoms with van der Waals surface area (Å²) in [6.07, 6.45) is 4.56. The number of aromatic hydroxyl groups is 1. The number of carbonyl (C=O) groups is 1. The van der Waals surface area contributed by atoms with Crippen LogP contribution in [0.3, 0.4) is 0 Å². The van der Waals surface area contributed by atoms with Gasteiger partial charge in [0, 0.05) is 11.1 Å². The number of methoxy groups -OCH3 is 1. The summed E-state index contributed by atoms with van der Waals surface area (Å²) in [7, 11) is 1.50. The summed E-state index contributed by atoms with van der Waals surface area (Å²) < 4.78 is 6.70. The Kier molecular flexibility index (Phi) is 4.12. The lowest BCUT2D eigenvalue weighted by Gasteiger charge is -2.05. The van der Waals surface area contributed by atoms with E-state index < -0.39 is 0 Å². The van der Waals surface area contributed by atoms with Crippen LogP contribution in [0.2, 0.25) is 0 Å². The molecule has 1 aromatic carbocycles. The largest absolute Gasteiger partial charge is 0.507 e. The Morgan fingerprint density at radius 2 is 2.07 bits per heavy atom. The molecule has 4 aromatic rings. The SMILES string of the molecule is COc1ccc(O)c(C(=O)c2cnn(-c3ncnc4sc(C)c(C)c34)c2)c1. The molecule has 8 heteroatoms. The number of phenolic OH excluding ortho intramolecular Hbond substituents is 1. The van der Waals surface area contributed by atoms with Gasteiger partial charge in [-0.25, -0.2) is 14.6 Å². The summed E-state index contributed by atoms with van der Waals surface area (Å²) in [5.41, 5.74) is 1.60. The molecule has 0 atom stereocenters. The standard InChI is InChI=1S/C19H16N4O3S/c1-10-11(2)27-19-16(10)18(20-9-21-19)23-8-12(7-22-23)17(25)14-6-13(26-3)4-5-15(14)24/h4-9,24H,1-3H3. The maximum atomic E-state index is 12.8. The molecule has 1 N–H and O–H groups in total. The van der Waals surface area contributed by atoms with Crippen LogP contribution in [0.4, 0.5) is 0 Å². The van der Waals surface area contributed by atoms with Crippen molar-refractivity contribution in [1.82, 2.24) is 19.7 Å². The van der Waals surface area contributed by atoms with Crippen LogP contribution >= 0.6 is 11.3 Å². The molecule has 27 heavy (non-hydrogen) atoms. The Morgan fingerprint density at radius 3 is 2.85 bits per heavy atom. The zero-order valence-electron chi connectivity index (χ0n) is 14.9. The highest BCUT2D eigenvalue weighted by molar-refractivity contribution is 7.18. The normalized spacial score (nSPS) is 11.1. The first-order valence-electron chi connectivity index (χ1n) is 8.17. The summed E-state index contributed by atoms with van der Waals surface area (Å²) in [6.45, 7) is 4.06. The van der Waals surface area contributed by atoms with E-state index >= 15 is 0 Å². The van der Waals surface area contributed by atoms with Crippen LogP contribution in [-0.4, -0.2) is 37.7 Å². The maximum Gasteiger partial charge on any atom is 0.200 e. The quantitative estimate of drug-likeness (QED) is 0.546. The topological polar surface area (TPSA) is 90.1 Å². The second-order valence-electron chi connectivity index (χ2n) is 6.05. The molecular formula is C19H16N4O3S. The molecule has 4 rings (SSSR count). The highest BCUT2D eigenvalue weighted by Crippen LogP contribution is 2.32. The van der Waals surface area contributed by atoms with E-state index in [4.69, 9.17) is 4.74 Å². The van der Waals surface area contributed by atoms with Gasteiger partial charge in [0.2, 0.25) is 0 Å². The van der Waals surface area contributed by atoms with E-state index in [-0.39, 0.29) is 17.1 Å². The van der Waals surface area contributed by atoms with E-state index in [0.717, 1.165) is 20.7 Å². The number of aryl methyl sites for hydroxylation is 2. The van der Waals surface area contributed by atoms with E-state index in [1.165, 1.54) is 31.8 Å². The van der Waals surface area contributed by atoms with Gasteiger partial charge in [-0.1, -0.05) is 0 Å². The number of hydrogen-bond acceptors (Lipinski definition) is 7. The zero-order valence-corrected chi connectivity index (χ0v) is 15.7. The van der Waals surface area contributed by atoms with Crippen LogP contribution in [0.15, 0.2) is 36.9 Å². The first-order chi connectivity index (χ1) is 13.0. The summed E-state index contributed by atoms with van der Waals surface area (Å²) in [5, 5.41) is 15.3.